The van der Waals surface area contributed by atoms with Gasteiger partial charge in [0.1, 0.15) is 11.4 Å². The molecule has 0 aromatic heterocycles. The molecule has 3 rings (SSSR count). The first-order valence-corrected chi connectivity index (χ1v) is 9.24. The van der Waals surface area contributed by atoms with Crippen LogP contribution in [0.2, 0.25) is 10.0 Å². The smallest absolute Gasteiger partial charge is 0.151 e. The minimum atomic E-state index is -0.808. The molecule has 0 bridgehead atoms. The third-order valence-corrected chi connectivity index (χ3v) is 5.26. The fourth-order valence-electron chi connectivity index (χ4n) is 3.18. The summed E-state index contributed by atoms with van der Waals surface area (Å²) < 4.78 is 33.9. The standard InChI is InChI=1S/C19H19Cl2F2NO3/c20-13-6-16(22)19(17(23)7-13)24-4-3-11(18(26)8-24)10-27-14-1-2-15(21)12(5-14)9-25/h1-2,5-7,11,18,25-26H,3-4,8-10H2/t11?,18-/m1/s1. The van der Waals surface area contributed by atoms with Crippen LogP contribution in [0.25, 0.3) is 0 Å². The first-order chi connectivity index (χ1) is 12.9. The van der Waals surface area contributed by atoms with Crippen LogP contribution in [0, 0.1) is 17.6 Å². The fraction of sp³-hybridized carbons (Fsp3) is 0.368. The molecule has 8 heteroatoms. The van der Waals surface area contributed by atoms with E-state index in [1.807, 2.05) is 0 Å². The molecule has 1 heterocycles. The maximum absolute atomic E-state index is 14.1. The van der Waals surface area contributed by atoms with Crippen molar-refractivity contribution in [1.82, 2.24) is 0 Å². The number of aliphatic hydroxyl groups excluding tert-OH is 2. The Hall–Kier alpha value is -1.60. The summed E-state index contributed by atoms with van der Waals surface area (Å²) in [7, 11) is 0. The Kier molecular flexibility index (Phi) is 6.42. The van der Waals surface area contributed by atoms with Crippen molar-refractivity contribution >= 4 is 28.9 Å². The number of halogens is 4. The van der Waals surface area contributed by atoms with Crippen molar-refractivity contribution in [1.29, 1.82) is 0 Å². The van der Waals surface area contributed by atoms with E-state index in [9.17, 15) is 19.0 Å². The molecule has 27 heavy (non-hydrogen) atoms. The fourth-order valence-corrected chi connectivity index (χ4v) is 3.55. The van der Waals surface area contributed by atoms with E-state index in [0.717, 1.165) is 12.1 Å². The molecule has 1 aliphatic rings. The van der Waals surface area contributed by atoms with E-state index in [-0.39, 0.29) is 36.4 Å². The average molecular weight is 418 g/mol. The first-order valence-electron chi connectivity index (χ1n) is 8.48. The average Bonchev–Trinajstić information content (AvgIpc) is 2.61. The van der Waals surface area contributed by atoms with Gasteiger partial charge in [-0.3, -0.25) is 0 Å². The van der Waals surface area contributed by atoms with Gasteiger partial charge in [0.2, 0.25) is 0 Å². The van der Waals surface area contributed by atoms with Crippen molar-refractivity contribution in [3.8, 4) is 5.75 Å². The van der Waals surface area contributed by atoms with E-state index >= 15 is 0 Å². The maximum Gasteiger partial charge on any atom is 0.151 e. The highest BCUT2D eigenvalue weighted by molar-refractivity contribution is 6.31. The molecule has 2 aromatic rings. The Labute approximate surface area is 165 Å². The molecule has 0 radical (unpaired) electrons. The predicted molar refractivity (Wildman–Crippen MR) is 101 cm³/mol. The number of rotatable bonds is 5. The second-order valence-corrected chi connectivity index (χ2v) is 7.35. The zero-order valence-electron chi connectivity index (χ0n) is 14.3. The lowest BCUT2D eigenvalue weighted by Crippen LogP contribution is -2.46. The van der Waals surface area contributed by atoms with Crippen LogP contribution in [0.3, 0.4) is 0 Å². The van der Waals surface area contributed by atoms with Gasteiger partial charge in [-0.2, -0.15) is 0 Å². The van der Waals surface area contributed by atoms with Crippen molar-refractivity contribution in [2.45, 2.75) is 19.1 Å². The highest BCUT2D eigenvalue weighted by Gasteiger charge is 2.31. The molecule has 2 atom stereocenters. The molecule has 2 N–H and O–H groups in total. The van der Waals surface area contributed by atoms with E-state index in [4.69, 9.17) is 27.9 Å². The Balaban J connectivity index is 1.62. The Morgan fingerprint density at radius 3 is 2.48 bits per heavy atom. The monoisotopic (exact) mass is 417 g/mol. The summed E-state index contributed by atoms with van der Waals surface area (Å²) in [5.74, 6) is -1.15. The molecule has 1 unspecified atom stereocenters. The lowest BCUT2D eigenvalue weighted by Gasteiger charge is -2.37. The normalized spacial score (nSPS) is 20.0. The van der Waals surface area contributed by atoms with Crippen LogP contribution in [0.4, 0.5) is 14.5 Å². The second kappa shape index (κ2) is 8.61. The van der Waals surface area contributed by atoms with Crippen molar-refractivity contribution < 1.29 is 23.7 Å². The zero-order chi connectivity index (χ0) is 19.6. The second-order valence-electron chi connectivity index (χ2n) is 6.50. The largest absolute Gasteiger partial charge is 0.493 e. The number of anilines is 1. The van der Waals surface area contributed by atoms with E-state index in [1.165, 1.54) is 4.90 Å². The van der Waals surface area contributed by atoms with E-state index in [2.05, 4.69) is 0 Å². The Morgan fingerprint density at radius 1 is 1.15 bits per heavy atom. The van der Waals surface area contributed by atoms with Gasteiger partial charge >= 0.3 is 0 Å². The van der Waals surface area contributed by atoms with Gasteiger partial charge in [-0.25, -0.2) is 8.78 Å². The van der Waals surface area contributed by atoms with Crippen LogP contribution >= 0.6 is 23.2 Å². The molecular weight excluding hydrogens is 399 g/mol. The number of ether oxygens (including phenoxy) is 1. The van der Waals surface area contributed by atoms with Crippen LogP contribution in [0.5, 0.6) is 5.75 Å². The molecule has 2 aromatic carbocycles. The molecule has 146 valence electrons. The number of piperidine rings is 1. The van der Waals surface area contributed by atoms with Gasteiger partial charge in [0.05, 0.1) is 19.3 Å². The molecule has 0 spiro atoms. The van der Waals surface area contributed by atoms with Crippen LogP contribution in [0.1, 0.15) is 12.0 Å². The summed E-state index contributed by atoms with van der Waals surface area (Å²) in [6, 6.07) is 7.07. The number of nitrogens with zero attached hydrogens (tertiary/aromatic N) is 1. The lowest BCUT2D eigenvalue weighted by atomic mass is 9.94. The molecule has 1 saturated heterocycles. The summed E-state index contributed by atoms with van der Waals surface area (Å²) in [4.78, 5) is 1.48. The minimum Gasteiger partial charge on any atom is -0.493 e. The maximum atomic E-state index is 14.1. The van der Waals surface area contributed by atoms with Gasteiger partial charge < -0.3 is 19.8 Å². The molecule has 0 saturated carbocycles. The highest BCUT2D eigenvalue weighted by Crippen LogP contribution is 2.31. The van der Waals surface area contributed by atoms with Gasteiger partial charge in [0.15, 0.2) is 11.6 Å². The molecule has 4 nitrogen and oxygen atoms in total. The van der Waals surface area contributed by atoms with Crippen molar-refractivity contribution in [2.24, 2.45) is 5.92 Å². The van der Waals surface area contributed by atoms with Crippen LogP contribution in [-0.2, 0) is 6.61 Å². The van der Waals surface area contributed by atoms with E-state index in [1.54, 1.807) is 18.2 Å². The molecule has 1 fully saturated rings. The Bertz CT molecular complexity index is 799. The molecule has 1 aliphatic heterocycles. The highest BCUT2D eigenvalue weighted by atomic mass is 35.5. The van der Waals surface area contributed by atoms with Crippen LogP contribution in [0.15, 0.2) is 30.3 Å². The van der Waals surface area contributed by atoms with Crippen molar-refractivity contribution in [2.75, 3.05) is 24.6 Å². The summed E-state index contributed by atoms with van der Waals surface area (Å²) in [6.45, 7) is 0.511. The van der Waals surface area contributed by atoms with Crippen molar-refractivity contribution in [3.63, 3.8) is 0 Å². The lowest BCUT2D eigenvalue weighted by molar-refractivity contribution is 0.0613. The quantitative estimate of drug-likeness (QED) is 0.770. The van der Waals surface area contributed by atoms with Crippen molar-refractivity contribution in [3.05, 3.63) is 57.6 Å². The summed E-state index contributed by atoms with van der Waals surface area (Å²) in [6.07, 6.45) is -0.304. The van der Waals surface area contributed by atoms with Crippen LogP contribution < -0.4 is 9.64 Å². The van der Waals surface area contributed by atoms with Gasteiger partial charge in [-0.05, 0) is 42.3 Å². The topological polar surface area (TPSA) is 52.9 Å². The minimum absolute atomic E-state index is 0.0113. The van der Waals surface area contributed by atoms with Gasteiger partial charge in [-0.1, -0.05) is 23.2 Å². The molecule has 0 amide bonds. The van der Waals surface area contributed by atoms with Gasteiger partial charge in [0.25, 0.3) is 0 Å². The van der Waals surface area contributed by atoms with E-state index < -0.39 is 17.7 Å². The number of hydrogen-bond acceptors (Lipinski definition) is 4. The molecule has 0 aliphatic carbocycles. The van der Waals surface area contributed by atoms with E-state index in [0.29, 0.717) is 29.3 Å². The van der Waals surface area contributed by atoms with Gasteiger partial charge in [-0.15, -0.1) is 0 Å². The number of hydrogen-bond donors (Lipinski definition) is 2. The number of β-amino-alcohol motifs (C(OH)–C–C–N with tert-alkyl or cyclic N) is 1. The summed E-state index contributed by atoms with van der Waals surface area (Å²) in [5, 5.41) is 20.1. The third-order valence-electron chi connectivity index (χ3n) is 4.67. The van der Waals surface area contributed by atoms with Gasteiger partial charge in [0, 0.05) is 29.1 Å². The summed E-state index contributed by atoms with van der Waals surface area (Å²) >= 11 is 11.6. The predicted octanol–water partition coefficient (Wildman–Crippen LogP) is 4.03. The molecular formula is C19H19Cl2F2NO3. The summed E-state index contributed by atoms with van der Waals surface area (Å²) in [5.41, 5.74) is 0.376. The zero-order valence-corrected chi connectivity index (χ0v) is 15.9. The Morgan fingerprint density at radius 2 is 1.85 bits per heavy atom. The van der Waals surface area contributed by atoms with Crippen LogP contribution in [-0.4, -0.2) is 36.0 Å². The number of benzene rings is 2. The first kappa shape index (κ1) is 20.1. The number of aliphatic hydroxyl groups is 2. The SMILES string of the molecule is OCc1cc(OCC2CCN(c3c(F)cc(Cl)cc3F)C[C@H]2O)ccc1Cl. The third kappa shape index (κ3) is 4.63.